The molecule has 0 aliphatic carbocycles. The van der Waals surface area contributed by atoms with Crippen LogP contribution >= 0.6 is 0 Å². The maximum Gasteiger partial charge on any atom is 0.0682 e. The zero-order valence-electron chi connectivity index (χ0n) is 13.1. The van der Waals surface area contributed by atoms with Crippen molar-refractivity contribution in [2.45, 2.75) is 5.41 Å². The Bertz CT molecular complexity index is 759. The second-order valence-electron chi connectivity index (χ2n) is 5.87. The highest BCUT2D eigenvalue weighted by atomic mass is 16.7. The average Bonchev–Trinajstić information content (AvgIpc) is 2.99. The Labute approximate surface area is 136 Å². The van der Waals surface area contributed by atoms with Crippen LogP contribution in [-0.2, 0) is 10.3 Å². The molecule has 1 aliphatic rings. The molecule has 2 nitrogen and oxygen atoms in total. The molecule has 1 heterocycles. The second-order valence-corrected chi connectivity index (χ2v) is 5.87. The fourth-order valence-electron chi connectivity index (χ4n) is 3.71. The molecule has 0 radical (unpaired) electrons. The van der Waals surface area contributed by atoms with E-state index < -0.39 is 0 Å². The Morgan fingerprint density at radius 2 is 1.26 bits per heavy atom. The molecule has 0 fully saturated rings. The predicted molar refractivity (Wildman–Crippen MR) is 93.6 cm³/mol. The van der Waals surface area contributed by atoms with Crippen molar-refractivity contribution < 1.29 is 4.84 Å². The van der Waals surface area contributed by atoms with E-state index in [4.69, 9.17) is 4.84 Å². The number of anilines is 1. The Kier molecular flexibility index (Phi) is 3.40. The first-order valence-corrected chi connectivity index (χ1v) is 7.88. The number of para-hydroxylation sites is 1. The summed E-state index contributed by atoms with van der Waals surface area (Å²) in [5, 5.41) is 2.00. The van der Waals surface area contributed by atoms with Crippen LogP contribution in [0.2, 0.25) is 0 Å². The Morgan fingerprint density at radius 3 is 1.83 bits per heavy atom. The van der Waals surface area contributed by atoms with Crippen molar-refractivity contribution in [3.8, 4) is 0 Å². The van der Waals surface area contributed by atoms with Gasteiger partial charge in [-0.3, -0.25) is 9.90 Å². The zero-order valence-corrected chi connectivity index (χ0v) is 13.1. The highest BCUT2D eigenvalue weighted by Gasteiger charge is 2.45. The summed E-state index contributed by atoms with van der Waals surface area (Å²) in [4.78, 5) is 5.67. The minimum absolute atomic E-state index is 0.213. The van der Waals surface area contributed by atoms with E-state index >= 15 is 0 Å². The van der Waals surface area contributed by atoms with Crippen LogP contribution < -0.4 is 5.06 Å². The minimum atomic E-state index is -0.213. The van der Waals surface area contributed by atoms with Crippen molar-refractivity contribution in [1.82, 2.24) is 0 Å². The fraction of sp³-hybridized carbons (Fsp3) is 0.143. The molecule has 0 aromatic heterocycles. The molecule has 1 aliphatic heterocycles. The standard InChI is InChI=1S/C21H19NO/c1-23-22-16-21(17-10-4-2-5-11-17,18-12-6-3-7-13-18)19-14-8-9-15-20(19)22/h2-15H,16H2,1H3. The molecule has 0 unspecified atom stereocenters. The Morgan fingerprint density at radius 1 is 0.739 bits per heavy atom. The SMILES string of the molecule is CON1CC(c2ccccc2)(c2ccccc2)c2ccccc21. The van der Waals surface area contributed by atoms with E-state index in [1.807, 2.05) is 5.06 Å². The number of benzene rings is 3. The van der Waals surface area contributed by atoms with Crippen molar-refractivity contribution in [3.63, 3.8) is 0 Å². The Hall–Kier alpha value is -2.58. The lowest BCUT2D eigenvalue weighted by molar-refractivity contribution is 0.167. The Balaban J connectivity index is 2.03. The van der Waals surface area contributed by atoms with Crippen LogP contribution in [0.5, 0.6) is 0 Å². The van der Waals surface area contributed by atoms with Crippen molar-refractivity contribution in [2.24, 2.45) is 0 Å². The van der Waals surface area contributed by atoms with E-state index in [2.05, 4.69) is 84.9 Å². The van der Waals surface area contributed by atoms with Gasteiger partial charge in [-0.2, -0.15) is 0 Å². The van der Waals surface area contributed by atoms with E-state index in [0.29, 0.717) is 0 Å². The molecule has 23 heavy (non-hydrogen) atoms. The van der Waals surface area contributed by atoms with Gasteiger partial charge in [-0.25, -0.2) is 0 Å². The monoisotopic (exact) mass is 301 g/mol. The lowest BCUT2D eigenvalue weighted by Crippen LogP contribution is -2.35. The van der Waals surface area contributed by atoms with Crippen LogP contribution in [0.4, 0.5) is 5.69 Å². The summed E-state index contributed by atoms with van der Waals surface area (Å²) in [5.41, 5.74) is 4.80. The number of nitrogens with zero attached hydrogens (tertiary/aromatic N) is 1. The van der Waals surface area contributed by atoms with Gasteiger partial charge in [0.25, 0.3) is 0 Å². The van der Waals surface area contributed by atoms with Gasteiger partial charge < -0.3 is 0 Å². The van der Waals surface area contributed by atoms with Crippen LogP contribution in [0.3, 0.4) is 0 Å². The lowest BCUT2D eigenvalue weighted by Gasteiger charge is -2.31. The highest BCUT2D eigenvalue weighted by Crippen LogP contribution is 2.49. The third-order valence-electron chi connectivity index (χ3n) is 4.77. The van der Waals surface area contributed by atoms with Crippen LogP contribution in [0.15, 0.2) is 84.9 Å². The summed E-state index contributed by atoms with van der Waals surface area (Å²) in [6, 6.07) is 29.9. The van der Waals surface area contributed by atoms with E-state index in [0.717, 1.165) is 12.2 Å². The normalized spacial score (nSPS) is 15.4. The summed E-state index contributed by atoms with van der Waals surface area (Å²) in [7, 11) is 1.74. The smallest absolute Gasteiger partial charge is 0.0682 e. The number of fused-ring (bicyclic) bond motifs is 1. The molecular formula is C21H19NO. The van der Waals surface area contributed by atoms with E-state index in [-0.39, 0.29) is 5.41 Å². The highest BCUT2D eigenvalue weighted by molar-refractivity contribution is 5.69. The summed E-state index contributed by atoms with van der Waals surface area (Å²) >= 11 is 0. The molecule has 3 aromatic rings. The maximum atomic E-state index is 5.67. The molecule has 0 atom stereocenters. The van der Waals surface area contributed by atoms with Crippen LogP contribution in [-0.4, -0.2) is 13.7 Å². The predicted octanol–water partition coefficient (Wildman–Crippen LogP) is 4.40. The molecule has 0 saturated heterocycles. The molecule has 4 rings (SSSR count). The van der Waals surface area contributed by atoms with Crippen molar-refractivity contribution in [2.75, 3.05) is 18.7 Å². The van der Waals surface area contributed by atoms with Gasteiger partial charge in [-0.05, 0) is 22.8 Å². The van der Waals surface area contributed by atoms with Crippen molar-refractivity contribution >= 4 is 5.69 Å². The van der Waals surface area contributed by atoms with Gasteiger partial charge in [0.05, 0.1) is 24.8 Å². The second kappa shape index (κ2) is 5.56. The third kappa shape index (κ3) is 2.07. The van der Waals surface area contributed by atoms with Crippen LogP contribution in [0.25, 0.3) is 0 Å². The molecule has 0 bridgehead atoms. The van der Waals surface area contributed by atoms with Gasteiger partial charge in [-0.15, -0.1) is 0 Å². The van der Waals surface area contributed by atoms with Gasteiger partial charge in [0.1, 0.15) is 0 Å². The lowest BCUT2D eigenvalue weighted by atomic mass is 9.71. The van der Waals surface area contributed by atoms with Crippen LogP contribution in [0.1, 0.15) is 16.7 Å². The minimum Gasteiger partial charge on any atom is -0.277 e. The number of rotatable bonds is 3. The number of hydroxylamine groups is 1. The molecule has 0 N–H and O–H groups in total. The first-order chi connectivity index (χ1) is 11.4. The molecular weight excluding hydrogens is 282 g/mol. The van der Waals surface area contributed by atoms with Crippen molar-refractivity contribution in [3.05, 3.63) is 102 Å². The maximum absolute atomic E-state index is 5.67. The quantitative estimate of drug-likeness (QED) is 0.711. The largest absolute Gasteiger partial charge is 0.277 e. The summed E-state index contributed by atoms with van der Waals surface area (Å²) < 4.78 is 0. The van der Waals surface area contributed by atoms with E-state index in [1.54, 1.807) is 7.11 Å². The zero-order chi connectivity index (χ0) is 15.7. The van der Waals surface area contributed by atoms with Gasteiger partial charge in [0, 0.05) is 0 Å². The van der Waals surface area contributed by atoms with Gasteiger partial charge in [-0.1, -0.05) is 78.9 Å². The van der Waals surface area contributed by atoms with Crippen LogP contribution in [0, 0.1) is 0 Å². The van der Waals surface area contributed by atoms with Gasteiger partial charge in [0.15, 0.2) is 0 Å². The topological polar surface area (TPSA) is 12.5 Å². The molecule has 2 heteroatoms. The molecule has 3 aromatic carbocycles. The molecule has 0 saturated carbocycles. The first kappa shape index (κ1) is 14.0. The molecule has 0 amide bonds. The number of hydrogen-bond donors (Lipinski definition) is 0. The summed E-state index contributed by atoms with van der Waals surface area (Å²) in [6.45, 7) is 0.775. The van der Waals surface area contributed by atoms with E-state index in [1.165, 1.54) is 16.7 Å². The first-order valence-electron chi connectivity index (χ1n) is 7.88. The van der Waals surface area contributed by atoms with Gasteiger partial charge in [0.2, 0.25) is 0 Å². The number of hydrogen-bond acceptors (Lipinski definition) is 2. The van der Waals surface area contributed by atoms with E-state index in [9.17, 15) is 0 Å². The fourth-order valence-corrected chi connectivity index (χ4v) is 3.71. The summed E-state index contributed by atoms with van der Waals surface area (Å²) in [6.07, 6.45) is 0. The molecule has 0 spiro atoms. The summed E-state index contributed by atoms with van der Waals surface area (Å²) in [5.74, 6) is 0. The molecule has 114 valence electrons. The third-order valence-corrected chi connectivity index (χ3v) is 4.77. The van der Waals surface area contributed by atoms with Crippen molar-refractivity contribution in [1.29, 1.82) is 0 Å². The average molecular weight is 301 g/mol. The van der Waals surface area contributed by atoms with Gasteiger partial charge >= 0.3 is 0 Å².